The molecule has 1 aromatic carbocycles. The number of nitrogens with two attached hydrogens (primary N) is 1. The van der Waals surface area contributed by atoms with Gasteiger partial charge in [0.25, 0.3) is 0 Å². The summed E-state index contributed by atoms with van der Waals surface area (Å²) in [4.78, 5) is 0. The fraction of sp³-hybridized carbons (Fsp3) is 0.357. The summed E-state index contributed by atoms with van der Waals surface area (Å²) in [6.07, 6.45) is 3.72. The number of rotatable bonds is 4. The number of nitrogens with zero attached hydrogens (tertiary/aromatic N) is 2. The molecule has 4 nitrogen and oxygen atoms in total. The number of aliphatic hydroxyl groups excluding tert-OH is 1. The first-order chi connectivity index (χ1) is 8.79. The van der Waals surface area contributed by atoms with Crippen LogP contribution >= 0.6 is 0 Å². The van der Waals surface area contributed by atoms with E-state index < -0.39 is 6.10 Å². The Morgan fingerprint density at radius 3 is 2.94 bits per heavy atom. The van der Waals surface area contributed by atoms with E-state index in [0.29, 0.717) is 5.92 Å². The first-order valence-electron chi connectivity index (χ1n) is 6.32. The molecule has 1 fully saturated rings. The molecule has 3 N–H and O–H groups in total. The summed E-state index contributed by atoms with van der Waals surface area (Å²) in [6.45, 7) is 0.234. The third-order valence-electron chi connectivity index (χ3n) is 3.39. The Hall–Kier alpha value is -1.65. The van der Waals surface area contributed by atoms with Crippen LogP contribution in [0.1, 0.15) is 36.1 Å². The molecule has 4 heteroatoms. The lowest BCUT2D eigenvalue weighted by molar-refractivity contribution is 0.186. The second-order valence-electron chi connectivity index (χ2n) is 4.79. The molecule has 1 saturated carbocycles. The van der Waals surface area contributed by atoms with Crippen molar-refractivity contribution in [1.82, 2.24) is 9.78 Å². The number of aliphatic hydroxyl groups is 1. The molecular formula is C14H17N3O. The fourth-order valence-corrected chi connectivity index (χ4v) is 2.22. The molecule has 18 heavy (non-hydrogen) atoms. The Balaban J connectivity index is 1.98. The fourth-order valence-electron chi connectivity index (χ4n) is 2.22. The first-order valence-corrected chi connectivity index (χ1v) is 6.32. The van der Waals surface area contributed by atoms with Crippen molar-refractivity contribution in [2.24, 2.45) is 5.73 Å². The zero-order valence-electron chi connectivity index (χ0n) is 10.2. The van der Waals surface area contributed by atoms with E-state index >= 15 is 0 Å². The average Bonchev–Trinajstić information content (AvgIpc) is 3.15. The van der Waals surface area contributed by atoms with Gasteiger partial charge in [-0.25, -0.2) is 4.68 Å². The maximum absolute atomic E-state index is 9.79. The van der Waals surface area contributed by atoms with E-state index in [1.807, 2.05) is 35.1 Å². The summed E-state index contributed by atoms with van der Waals surface area (Å²) < 4.78 is 1.96. The predicted octanol–water partition coefficient (Wildman–Crippen LogP) is 1.74. The van der Waals surface area contributed by atoms with Crippen molar-refractivity contribution in [3.63, 3.8) is 0 Å². The van der Waals surface area contributed by atoms with Crippen molar-refractivity contribution < 1.29 is 5.11 Å². The Morgan fingerprint density at radius 2 is 2.22 bits per heavy atom. The second-order valence-corrected chi connectivity index (χ2v) is 4.79. The minimum atomic E-state index is -0.607. The van der Waals surface area contributed by atoms with Crippen molar-refractivity contribution in [3.05, 3.63) is 47.8 Å². The van der Waals surface area contributed by atoms with Crippen LogP contribution in [0.15, 0.2) is 36.5 Å². The van der Waals surface area contributed by atoms with Crippen LogP contribution in [0, 0.1) is 0 Å². The zero-order chi connectivity index (χ0) is 12.5. The normalized spacial score (nSPS) is 16.8. The minimum Gasteiger partial charge on any atom is -0.387 e. The van der Waals surface area contributed by atoms with Crippen molar-refractivity contribution in [1.29, 1.82) is 0 Å². The average molecular weight is 243 g/mol. The highest BCUT2D eigenvalue weighted by Crippen LogP contribution is 2.40. The molecule has 0 saturated heterocycles. The third kappa shape index (κ3) is 2.05. The highest BCUT2D eigenvalue weighted by atomic mass is 16.3. The Kier molecular flexibility index (Phi) is 2.89. The lowest BCUT2D eigenvalue weighted by Gasteiger charge is -2.11. The zero-order valence-corrected chi connectivity index (χ0v) is 10.2. The van der Waals surface area contributed by atoms with Gasteiger partial charge in [0.05, 0.1) is 11.8 Å². The molecule has 0 amide bonds. The number of benzene rings is 1. The van der Waals surface area contributed by atoms with E-state index in [0.717, 1.165) is 11.3 Å². The smallest absolute Gasteiger partial charge is 0.0912 e. The largest absolute Gasteiger partial charge is 0.387 e. The molecule has 1 aliphatic carbocycles. The summed E-state index contributed by atoms with van der Waals surface area (Å²) in [7, 11) is 0. The van der Waals surface area contributed by atoms with Crippen LogP contribution in [-0.4, -0.2) is 21.4 Å². The van der Waals surface area contributed by atoms with Gasteiger partial charge in [0.1, 0.15) is 0 Å². The molecule has 0 spiro atoms. The second kappa shape index (κ2) is 4.55. The van der Waals surface area contributed by atoms with Crippen molar-refractivity contribution in [2.45, 2.75) is 24.9 Å². The highest BCUT2D eigenvalue weighted by Gasteiger charge is 2.27. The molecule has 3 rings (SSSR count). The van der Waals surface area contributed by atoms with Crippen molar-refractivity contribution >= 4 is 0 Å². The molecule has 0 radical (unpaired) electrons. The summed E-state index contributed by atoms with van der Waals surface area (Å²) in [5.74, 6) is 0.649. The van der Waals surface area contributed by atoms with Crippen LogP contribution in [0.3, 0.4) is 0 Å². The van der Waals surface area contributed by atoms with Crippen LogP contribution in [-0.2, 0) is 0 Å². The maximum atomic E-state index is 9.79. The van der Waals surface area contributed by atoms with Gasteiger partial charge in [-0.2, -0.15) is 5.10 Å². The monoisotopic (exact) mass is 243 g/mol. The highest BCUT2D eigenvalue weighted by molar-refractivity contribution is 5.38. The summed E-state index contributed by atoms with van der Waals surface area (Å²) in [5, 5.41) is 14.2. The summed E-state index contributed by atoms with van der Waals surface area (Å²) >= 11 is 0. The van der Waals surface area contributed by atoms with Crippen molar-refractivity contribution in [2.75, 3.05) is 6.54 Å². The summed E-state index contributed by atoms with van der Waals surface area (Å²) in [5.41, 5.74) is 8.58. The van der Waals surface area contributed by atoms with Gasteiger partial charge in [-0.3, -0.25) is 0 Å². The molecule has 1 atom stereocenters. The lowest BCUT2D eigenvalue weighted by atomic mass is 10.1. The summed E-state index contributed by atoms with van der Waals surface area (Å²) in [6, 6.07) is 9.86. The Bertz CT molecular complexity index is 545. The van der Waals surface area contributed by atoms with E-state index in [2.05, 4.69) is 11.2 Å². The number of hydrogen-bond donors (Lipinski definition) is 2. The van der Waals surface area contributed by atoms with Crippen LogP contribution in [0.4, 0.5) is 0 Å². The van der Waals surface area contributed by atoms with E-state index in [4.69, 9.17) is 5.73 Å². The lowest BCUT2D eigenvalue weighted by Crippen LogP contribution is -2.12. The van der Waals surface area contributed by atoms with Gasteiger partial charge in [-0.15, -0.1) is 0 Å². The quantitative estimate of drug-likeness (QED) is 0.859. The van der Waals surface area contributed by atoms with E-state index in [1.54, 1.807) is 0 Å². The predicted molar refractivity (Wildman–Crippen MR) is 69.6 cm³/mol. The van der Waals surface area contributed by atoms with Gasteiger partial charge < -0.3 is 10.8 Å². The number of hydrogen-bond acceptors (Lipinski definition) is 3. The third-order valence-corrected chi connectivity index (χ3v) is 3.39. The molecule has 0 aliphatic heterocycles. The molecule has 1 unspecified atom stereocenters. The van der Waals surface area contributed by atoms with Gasteiger partial charge in [0.2, 0.25) is 0 Å². The van der Waals surface area contributed by atoms with E-state index in [-0.39, 0.29) is 6.54 Å². The maximum Gasteiger partial charge on any atom is 0.0912 e. The standard InChI is InChI=1S/C14H17N3O/c15-9-14(18)11-2-1-3-12(8-11)17-13(6-7-16-17)10-4-5-10/h1-3,6-8,10,14,18H,4-5,9,15H2. The van der Waals surface area contributed by atoms with Gasteiger partial charge in [0, 0.05) is 24.4 Å². The molecule has 1 aromatic heterocycles. The molecule has 0 bridgehead atoms. The first kappa shape index (κ1) is 11.4. The van der Waals surface area contributed by atoms with Gasteiger partial charge in [-0.05, 0) is 36.6 Å². The molecular weight excluding hydrogens is 226 g/mol. The number of aromatic nitrogens is 2. The van der Waals surface area contributed by atoms with Crippen LogP contribution in [0.2, 0.25) is 0 Å². The Morgan fingerprint density at radius 1 is 1.39 bits per heavy atom. The SMILES string of the molecule is NCC(O)c1cccc(-n2nccc2C2CC2)c1. The van der Waals surface area contributed by atoms with Crippen LogP contribution in [0.25, 0.3) is 5.69 Å². The Labute approximate surface area is 106 Å². The van der Waals surface area contributed by atoms with Gasteiger partial charge >= 0.3 is 0 Å². The van der Waals surface area contributed by atoms with E-state index in [1.165, 1.54) is 18.5 Å². The molecule has 1 heterocycles. The van der Waals surface area contributed by atoms with E-state index in [9.17, 15) is 5.11 Å². The van der Waals surface area contributed by atoms with Crippen LogP contribution in [0.5, 0.6) is 0 Å². The minimum absolute atomic E-state index is 0.234. The molecule has 94 valence electrons. The van der Waals surface area contributed by atoms with Crippen molar-refractivity contribution in [3.8, 4) is 5.69 Å². The van der Waals surface area contributed by atoms with Gasteiger partial charge in [-0.1, -0.05) is 12.1 Å². The van der Waals surface area contributed by atoms with Gasteiger partial charge in [0.15, 0.2) is 0 Å². The topological polar surface area (TPSA) is 64.1 Å². The molecule has 1 aliphatic rings. The van der Waals surface area contributed by atoms with Crippen LogP contribution < -0.4 is 5.73 Å². The molecule has 2 aromatic rings.